The molecule has 7 heteroatoms. The molecule has 3 N–H and O–H groups in total. The molecule has 0 spiro atoms. The van der Waals surface area contributed by atoms with Crippen molar-refractivity contribution in [2.75, 3.05) is 5.73 Å². The maximum Gasteiger partial charge on any atom is 0.420 e. The molecule has 2 heterocycles. The number of anilines is 1. The number of pyridine rings is 1. The molecule has 1 aromatic rings. The number of carboxylic acid groups (broad SMARTS) is 1. The SMILES string of the molecule is Nc1cnccc1C1CCC2OC(=O)N(C(=O)O)C2C1. The van der Waals surface area contributed by atoms with Gasteiger partial charge in [-0.3, -0.25) is 4.98 Å². The highest BCUT2D eigenvalue weighted by Gasteiger charge is 2.48. The molecule has 1 saturated carbocycles. The van der Waals surface area contributed by atoms with Gasteiger partial charge in [-0.25, -0.2) is 14.5 Å². The van der Waals surface area contributed by atoms with E-state index in [1.807, 2.05) is 6.07 Å². The second kappa shape index (κ2) is 4.66. The fourth-order valence-corrected chi connectivity index (χ4v) is 3.14. The fraction of sp³-hybridized carbons (Fsp3) is 0.462. The van der Waals surface area contributed by atoms with Crippen LogP contribution < -0.4 is 5.73 Å². The van der Waals surface area contributed by atoms with Gasteiger partial charge in [0.25, 0.3) is 0 Å². The number of hydrogen-bond acceptors (Lipinski definition) is 5. The third kappa shape index (κ3) is 1.95. The summed E-state index contributed by atoms with van der Waals surface area (Å²) in [6.07, 6.45) is 2.90. The summed E-state index contributed by atoms with van der Waals surface area (Å²) < 4.78 is 5.12. The van der Waals surface area contributed by atoms with Gasteiger partial charge in [0.05, 0.1) is 17.9 Å². The molecule has 7 nitrogen and oxygen atoms in total. The van der Waals surface area contributed by atoms with Gasteiger partial charge in [0, 0.05) is 6.20 Å². The zero-order valence-electron chi connectivity index (χ0n) is 10.7. The second-order valence-electron chi connectivity index (χ2n) is 5.16. The highest BCUT2D eigenvalue weighted by molar-refractivity contribution is 5.89. The molecule has 0 aromatic carbocycles. The van der Waals surface area contributed by atoms with Crippen molar-refractivity contribution in [2.45, 2.75) is 37.3 Å². The van der Waals surface area contributed by atoms with Crippen molar-refractivity contribution in [3.8, 4) is 0 Å². The standard InChI is InChI=1S/C13H15N3O4/c14-9-6-15-4-3-8(9)7-1-2-11-10(5-7)16(12(17)18)13(19)20-11/h3-4,6-7,10-11H,1-2,5,14H2,(H,17,18). The van der Waals surface area contributed by atoms with Crippen LogP contribution >= 0.6 is 0 Å². The molecular weight excluding hydrogens is 262 g/mol. The maximum absolute atomic E-state index is 11.6. The first-order valence-corrected chi connectivity index (χ1v) is 6.50. The molecule has 0 radical (unpaired) electrons. The van der Waals surface area contributed by atoms with E-state index in [9.17, 15) is 9.59 Å². The molecule has 20 heavy (non-hydrogen) atoms. The Hall–Kier alpha value is -2.31. The summed E-state index contributed by atoms with van der Waals surface area (Å²) in [5, 5.41) is 9.12. The minimum absolute atomic E-state index is 0.121. The lowest BCUT2D eigenvalue weighted by Crippen LogP contribution is -2.43. The van der Waals surface area contributed by atoms with E-state index in [2.05, 4.69) is 4.98 Å². The first-order valence-electron chi connectivity index (χ1n) is 6.50. The van der Waals surface area contributed by atoms with Crippen LogP contribution in [0.5, 0.6) is 0 Å². The molecule has 2 amide bonds. The Labute approximate surface area is 115 Å². The molecule has 1 aromatic heterocycles. The van der Waals surface area contributed by atoms with Crippen LogP contribution in [0.2, 0.25) is 0 Å². The van der Waals surface area contributed by atoms with Crippen LogP contribution in [0.3, 0.4) is 0 Å². The number of nitrogens with two attached hydrogens (primary N) is 1. The summed E-state index contributed by atoms with van der Waals surface area (Å²) in [5.41, 5.74) is 7.48. The number of carbonyl (C=O) groups excluding carboxylic acids is 1. The lowest BCUT2D eigenvalue weighted by molar-refractivity contribution is 0.108. The van der Waals surface area contributed by atoms with Gasteiger partial charge in [-0.1, -0.05) is 0 Å². The van der Waals surface area contributed by atoms with E-state index < -0.39 is 18.2 Å². The highest BCUT2D eigenvalue weighted by atomic mass is 16.6. The zero-order chi connectivity index (χ0) is 14.3. The average Bonchev–Trinajstić information content (AvgIpc) is 2.74. The number of ether oxygens (including phenoxy) is 1. The predicted molar refractivity (Wildman–Crippen MR) is 69.2 cm³/mol. The van der Waals surface area contributed by atoms with Gasteiger partial charge in [0.2, 0.25) is 0 Å². The first-order chi connectivity index (χ1) is 9.58. The van der Waals surface area contributed by atoms with E-state index in [0.29, 0.717) is 18.5 Å². The normalized spacial score (nSPS) is 28.9. The topological polar surface area (TPSA) is 106 Å². The van der Waals surface area contributed by atoms with Crippen LogP contribution in [0.4, 0.5) is 15.3 Å². The molecule has 1 saturated heterocycles. The number of nitrogen functional groups attached to an aromatic ring is 1. The molecule has 106 valence electrons. The van der Waals surface area contributed by atoms with Gasteiger partial charge in [0.15, 0.2) is 0 Å². The average molecular weight is 277 g/mol. The van der Waals surface area contributed by atoms with Gasteiger partial charge >= 0.3 is 12.2 Å². The maximum atomic E-state index is 11.6. The van der Waals surface area contributed by atoms with Gasteiger partial charge in [0.1, 0.15) is 6.10 Å². The molecule has 1 aliphatic carbocycles. The number of rotatable bonds is 1. The molecule has 3 atom stereocenters. The number of hydrogen-bond donors (Lipinski definition) is 2. The Balaban J connectivity index is 1.85. The monoisotopic (exact) mass is 277 g/mol. The Morgan fingerprint density at radius 2 is 2.30 bits per heavy atom. The van der Waals surface area contributed by atoms with E-state index in [0.717, 1.165) is 16.9 Å². The smallest absolute Gasteiger partial charge is 0.420 e. The number of nitrogens with zero attached hydrogens (tertiary/aromatic N) is 2. The number of amides is 2. The number of imide groups is 1. The third-order valence-electron chi connectivity index (χ3n) is 4.07. The van der Waals surface area contributed by atoms with Crippen LogP contribution in [-0.2, 0) is 4.74 Å². The van der Waals surface area contributed by atoms with Crippen molar-refractivity contribution in [2.24, 2.45) is 0 Å². The van der Waals surface area contributed by atoms with Crippen LogP contribution in [0, 0.1) is 0 Å². The van der Waals surface area contributed by atoms with Crippen molar-refractivity contribution in [1.82, 2.24) is 9.88 Å². The highest BCUT2D eigenvalue weighted by Crippen LogP contribution is 2.41. The van der Waals surface area contributed by atoms with Crippen molar-refractivity contribution in [3.63, 3.8) is 0 Å². The third-order valence-corrected chi connectivity index (χ3v) is 4.07. The van der Waals surface area contributed by atoms with E-state index in [4.69, 9.17) is 15.6 Å². The van der Waals surface area contributed by atoms with Crippen molar-refractivity contribution in [3.05, 3.63) is 24.0 Å². The first kappa shape index (κ1) is 12.7. The van der Waals surface area contributed by atoms with Crippen molar-refractivity contribution >= 4 is 17.9 Å². The number of fused-ring (bicyclic) bond motifs is 1. The van der Waals surface area contributed by atoms with E-state index in [1.54, 1.807) is 12.4 Å². The van der Waals surface area contributed by atoms with E-state index in [1.165, 1.54) is 0 Å². The zero-order valence-corrected chi connectivity index (χ0v) is 10.7. The number of carbonyl (C=O) groups is 2. The van der Waals surface area contributed by atoms with Crippen molar-refractivity contribution in [1.29, 1.82) is 0 Å². The minimum Gasteiger partial charge on any atom is -0.465 e. The molecule has 2 aliphatic rings. The Bertz CT molecular complexity index is 562. The summed E-state index contributed by atoms with van der Waals surface area (Å²) >= 11 is 0. The summed E-state index contributed by atoms with van der Waals surface area (Å²) in [6.45, 7) is 0. The van der Waals surface area contributed by atoms with Gasteiger partial charge in [-0.05, 0) is 36.8 Å². The lowest BCUT2D eigenvalue weighted by Gasteiger charge is -2.32. The van der Waals surface area contributed by atoms with Gasteiger partial charge < -0.3 is 15.6 Å². The molecule has 0 bridgehead atoms. The van der Waals surface area contributed by atoms with Crippen LogP contribution in [0.1, 0.15) is 30.7 Å². The van der Waals surface area contributed by atoms with E-state index in [-0.39, 0.29) is 12.0 Å². The summed E-state index contributed by atoms with van der Waals surface area (Å²) in [5.74, 6) is 0.121. The van der Waals surface area contributed by atoms with Crippen LogP contribution in [-0.4, -0.2) is 39.3 Å². The van der Waals surface area contributed by atoms with E-state index >= 15 is 0 Å². The van der Waals surface area contributed by atoms with Gasteiger partial charge in [-0.2, -0.15) is 0 Å². The molecular formula is C13H15N3O4. The Morgan fingerprint density at radius 1 is 1.50 bits per heavy atom. The lowest BCUT2D eigenvalue weighted by atomic mass is 9.79. The number of aromatic nitrogens is 1. The van der Waals surface area contributed by atoms with Crippen LogP contribution in [0.25, 0.3) is 0 Å². The van der Waals surface area contributed by atoms with Crippen molar-refractivity contribution < 1.29 is 19.4 Å². The Kier molecular flexibility index (Phi) is 2.96. The quantitative estimate of drug-likeness (QED) is 0.810. The fourth-order valence-electron chi connectivity index (χ4n) is 3.14. The largest absolute Gasteiger partial charge is 0.465 e. The molecule has 3 rings (SSSR count). The summed E-state index contributed by atoms with van der Waals surface area (Å²) in [4.78, 5) is 27.5. The summed E-state index contributed by atoms with van der Waals surface area (Å²) in [7, 11) is 0. The molecule has 2 fully saturated rings. The minimum atomic E-state index is -1.26. The van der Waals surface area contributed by atoms with Gasteiger partial charge in [-0.15, -0.1) is 0 Å². The van der Waals surface area contributed by atoms with Crippen LogP contribution in [0.15, 0.2) is 18.5 Å². The Morgan fingerprint density at radius 3 is 3.00 bits per heavy atom. The summed E-state index contributed by atoms with van der Waals surface area (Å²) in [6, 6.07) is 1.43. The predicted octanol–water partition coefficient (Wildman–Crippen LogP) is 1.80. The second-order valence-corrected chi connectivity index (χ2v) is 5.16. The molecule has 1 aliphatic heterocycles. The molecule has 3 unspecified atom stereocenters.